The predicted octanol–water partition coefficient (Wildman–Crippen LogP) is 2.93. The minimum absolute atomic E-state index is 0.0230. The average molecular weight is 380 g/mol. The molecule has 28 heavy (non-hydrogen) atoms. The molecule has 1 unspecified atom stereocenters. The van der Waals surface area contributed by atoms with Gasteiger partial charge < -0.3 is 20.1 Å². The molecule has 0 saturated carbocycles. The van der Waals surface area contributed by atoms with Crippen molar-refractivity contribution in [3.05, 3.63) is 54.1 Å². The Morgan fingerprint density at radius 1 is 1.11 bits per heavy atom. The van der Waals surface area contributed by atoms with E-state index in [1.807, 2.05) is 18.2 Å². The summed E-state index contributed by atoms with van der Waals surface area (Å²) in [5.74, 6) is 0.893. The SMILES string of the molecule is COc1ccccc1-c1ccc(CCC2OC3(CCNCC3)CNC2=O)cc1. The Labute approximate surface area is 166 Å². The van der Waals surface area contributed by atoms with Gasteiger partial charge in [-0.25, -0.2) is 0 Å². The van der Waals surface area contributed by atoms with Crippen molar-refractivity contribution in [2.45, 2.75) is 37.4 Å². The molecule has 1 spiro atoms. The molecule has 0 aliphatic carbocycles. The number of methoxy groups -OCH3 is 1. The van der Waals surface area contributed by atoms with Gasteiger partial charge in [0.2, 0.25) is 5.91 Å². The molecule has 5 nitrogen and oxygen atoms in total. The molecule has 2 N–H and O–H groups in total. The first-order valence-electron chi connectivity index (χ1n) is 10.1. The quantitative estimate of drug-likeness (QED) is 0.837. The lowest BCUT2D eigenvalue weighted by atomic mass is 9.89. The first-order chi connectivity index (χ1) is 13.7. The normalized spacial score (nSPS) is 21.3. The Morgan fingerprint density at radius 3 is 2.61 bits per heavy atom. The Hall–Kier alpha value is -2.37. The first kappa shape index (κ1) is 19.0. The van der Waals surface area contributed by atoms with Crippen molar-refractivity contribution < 1.29 is 14.3 Å². The Kier molecular flexibility index (Phi) is 5.64. The summed E-state index contributed by atoms with van der Waals surface area (Å²) in [6.07, 6.45) is 3.07. The summed E-state index contributed by atoms with van der Waals surface area (Å²) in [4.78, 5) is 12.3. The molecule has 148 valence electrons. The van der Waals surface area contributed by atoms with Crippen molar-refractivity contribution in [3.63, 3.8) is 0 Å². The number of benzene rings is 2. The fraction of sp³-hybridized carbons (Fsp3) is 0.435. The molecule has 2 aromatic carbocycles. The van der Waals surface area contributed by atoms with Gasteiger partial charge in [0.1, 0.15) is 11.9 Å². The Morgan fingerprint density at radius 2 is 1.86 bits per heavy atom. The lowest BCUT2D eigenvalue weighted by Crippen LogP contribution is -2.60. The van der Waals surface area contributed by atoms with E-state index in [2.05, 4.69) is 41.0 Å². The molecule has 2 aliphatic rings. The number of aryl methyl sites for hydroxylation is 1. The number of carbonyl (C=O) groups excluding carboxylic acids is 1. The topological polar surface area (TPSA) is 59.6 Å². The maximum absolute atomic E-state index is 12.3. The largest absolute Gasteiger partial charge is 0.496 e. The number of amides is 1. The summed E-state index contributed by atoms with van der Waals surface area (Å²) in [6, 6.07) is 16.5. The molecular weight excluding hydrogens is 352 g/mol. The molecule has 2 fully saturated rings. The van der Waals surface area contributed by atoms with Crippen LogP contribution in [0.4, 0.5) is 0 Å². The van der Waals surface area contributed by atoms with Crippen LogP contribution >= 0.6 is 0 Å². The van der Waals surface area contributed by atoms with E-state index in [4.69, 9.17) is 9.47 Å². The lowest BCUT2D eigenvalue weighted by Gasteiger charge is -2.43. The Bertz CT molecular complexity index is 813. The highest BCUT2D eigenvalue weighted by atomic mass is 16.5. The maximum Gasteiger partial charge on any atom is 0.249 e. The molecule has 0 bridgehead atoms. The number of rotatable bonds is 5. The smallest absolute Gasteiger partial charge is 0.249 e. The van der Waals surface area contributed by atoms with Crippen molar-refractivity contribution >= 4 is 5.91 Å². The van der Waals surface area contributed by atoms with Crippen LogP contribution in [0.5, 0.6) is 5.75 Å². The van der Waals surface area contributed by atoms with E-state index in [9.17, 15) is 4.79 Å². The second kappa shape index (κ2) is 8.33. The van der Waals surface area contributed by atoms with Gasteiger partial charge >= 0.3 is 0 Å². The molecule has 0 radical (unpaired) electrons. The third kappa shape index (κ3) is 4.05. The fourth-order valence-corrected chi connectivity index (χ4v) is 4.16. The van der Waals surface area contributed by atoms with Crippen LogP contribution in [0.15, 0.2) is 48.5 Å². The molecular formula is C23H28N2O3. The van der Waals surface area contributed by atoms with Crippen LogP contribution in [0.2, 0.25) is 0 Å². The summed E-state index contributed by atoms with van der Waals surface area (Å²) < 4.78 is 11.8. The molecule has 1 atom stereocenters. The maximum atomic E-state index is 12.3. The van der Waals surface area contributed by atoms with Gasteiger partial charge in [-0.3, -0.25) is 4.79 Å². The number of morpholine rings is 1. The van der Waals surface area contributed by atoms with E-state index < -0.39 is 0 Å². The van der Waals surface area contributed by atoms with E-state index in [-0.39, 0.29) is 17.6 Å². The fourth-order valence-electron chi connectivity index (χ4n) is 4.16. The van der Waals surface area contributed by atoms with Gasteiger partial charge in [0.15, 0.2) is 0 Å². The highest BCUT2D eigenvalue weighted by Crippen LogP contribution is 2.31. The minimum Gasteiger partial charge on any atom is -0.496 e. The number of ether oxygens (including phenoxy) is 2. The summed E-state index contributed by atoms with van der Waals surface area (Å²) in [6.45, 7) is 2.54. The molecule has 1 amide bonds. The standard InChI is InChI=1S/C23H28N2O3/c1-27-20-5-3-2-4-19(20)18-9-6-17(7-10-18)8-11-21-22(26)25-16-23(28-21)12-14-24-15-13-23/h2-7,9-10,21,24H,8,11-16H2,1H3,(H,25,26). The van der Waals surface area contributed by atoms with Gasteiger partial charge in [-0.15, -0.1) is 0 Å². The van der Waals surface area contributed by atoms with Crippen LogP contribution in [0, 0.1) is 0 Å². The molecule has 2 aliphatic heterocycles. The van der Waals surface area contributed by atoms with Crippen LogP contribution in [-0.4, -0.2) is 44.4 Å². The van der Waals surface area contributed by atoms with Gasteiger partial charge in [-0.2, -0.15) is 0 Å². The molecule has 4 rings (SSSR count). The lowest BCUT2D eigenvalue weighted by molar-refractivity contribution is -0.167. The van der Waals surface area contributed by atoms with E-state index in [0.717, 1.165) is 49.2 Å². The van der Waals surface area contributed by atoms with Crippen LogP contribution < -0.4 is 15.4 Å². The van der Waals surface area contributed by atoms with E-state index in [1.165, 1.54) is 5.56 Å². The summed E-state index contributed by atoms with van der Waals surface area (Å²) in [7, 11) is 1.69. The molecule has 5 heteroatoms. The second-order valence-electron chi connectivity index (χ2n) is 7.69. The van der Waals surface area contributed by atoms with Crippen LogP contribution in [0.1, 0.15) is 24.8 Å². The third-order valence-corrected chi connectivity index (χ3v) is 5.85. The first-order valence-corrected chi connectivity index (χ1v) is 10.1. The third-order valence-electron chi connectivity index (χ3n) is 5.85. The highest BCUT2D eigenvalue weighted by Gasteiger charge is 2.41. The zero-order valence-corrected chi connectivity index (χ0v) is 16.4. The molecule has 0 aromatic heterocycles. The average Bonchev–Trinajstić information content (AvgIpc) is 2.75. The van der Waals surface area contributed by atoms with Crippen LogP contribution in [0.25, 0.3) is 11.1 Å². The predicted molar refractivity (Wildman–Crippen MR) is 109 cm³/mol. The number of nitrogens with one attached hydrogen (secondary N) is 2. The van der Waals surface area contributed by atoms with Crippen LogP contribution in [-0.2, 0) is 16.0 Å². The number of carbonyl (C=O) groups is 1. The zero-order valence-electron chi connectivity index (χ0n) is 16.4. The van der Waals surface area contributed by atoms with Crippen molar-refractivity contribution in [2.24, 2.45) is 0 Å². The number of hydrogen-bond acceptors (Lipinski definition) is 4. The van der Waals surface area contributed by atoms with E-state index in [1.54, 1.807) is 7.11 Å². The van der Waals surface area contributed by atoms with Crippen LogP contribution in [0.3, 0.4) is 0 Å². The summed E-state index contributed by atoms with van der Waals surface area (Å²) in [5.41, 5.74) is 3.23. The van der Waals surface area contributed by atoms with Gasteiger partial charge in [-0.1, -0.05) is 42.5 Å². The summed E-state index contributed by atoms with van der Waals surface area (Å²) >= 11 is 0. The summed E-state index contributed by atoms with van der Waals surface area (Å²) in [5, 5.41) is 6.43. The number of para-hydroxylation sites is 1. The number of hydrogen-bond donors (Lipinski definition) is 2. The second-order valence-corrected chi connectivity index (χ2v) is 7.69. The van der Waals surface area contributed by atoms with Gasteiger partial charge in [-0.05, 0) is 56.0 Å². The van der Waals surface area contributed by atoms with Gasteiger partial charge in [0, 0.05) is 12.1 Å². The van der Waals surface area contributed by atoms with E-state index in [0.29, 0.717) is 13.0 Å². The molecule has 2 aromatic rings. The van der Waals surface area contributed by atoms with E-state index >= 15 is 0 Å². The monoisotopic (exact) mass is 380 g/mol. The van der Waals surface area contributed by atoms with Crippen molar-refractivity contribution in [1.29, 1.82) is 0 Å². The van der Waals surface area contributed by atoms with Gasteiger partial charge in [0.05, 0.1) is 12.7 Å². The molecule has 2 saturated heterocycles. The minimum atomic E-state index is -0.360. The highest BCUT2D eigenvalue weighted by molar-refractivity contribution is 5.81. The zero-order chi connectivity index (χ0) is 19.4. The van der Waals surface area contributed by atoms with Crippen molar-refractivity contribution in [1.82, 2.24) is 10.6 Å². The van der Waals surface area contributed by atoms with Crippen molar-refractivity contribution in [2.75, 3.05) is 26.7 Å². The Balaban J connectivity index is 1.40. The van der Waals surface area contributed by atoms with Gasteiger partial charge in [0.25, 0.3) is 0 Å². The molecule has 2 heterocycles. The van der Waals surface area contributed by atoms with Crippen molar-refractivity contribution in [3.8, 4) is 16.9 Å². The number of piperidine rings is 1.